The van der Waals surface area contributed by atoms with Crippen molar-refractivity contribution in [3.8, 4) is 0 Å². The normalized spacial score (nSPS) is 9.25. The van der Waals surface area contributed by atoms with Gasteiger partial charge >= 0.3 is 5.69 Å². The molecule has 0 unspecified atom stereocenters. The third kappa shape index (κ3) is 1.58. The molecule has 0 aliphatic carbocycles. The first-order valence-electron chi connectivity index (χ1n) is 3.25. The van der Waals surface area contributed by atoms with Crippen LogP contribution in [-0.4, -0.2) is 21.7 Å². The molecule has 0 aliphatic heterocycles. The average molecular weight is 166 g/mol. The molecule has 1 heterocycles. The maximum atomic E-state index is 10.3. The topological polar surface area (TPSA) is 76.2 Å². The molecular formula is C6H6N4O2. The second-order valence-electron chi connectivity index (χ2n) is 2.12. The van der Waals surface area contributed by atoms with Crippen molar-refractivity contribution in [3.05, 3.63) is 33.4 Å². The molecule has 0 aliphatic rings. The summed E-state index contributed by atoms with van der Waals surface area (Å²) in [7, 11) is 0. The second kappa shape index (κ2) is 3.48. The van der Waals surface area contributed by atoms with Gasteiger partial charge in [0.05, 0.1) is 11.3 Å². The number of hydrogen-bond donors (Lipinski definition) is 1. The quantitative estimate of drug-likeness (QED) is 0.409. The van der Waals surface area contributed by atoms with Crippen LogP contribution in [0.3, 0.4) is 0 Å². The predicted molar refractivity (Wildman–Crippen MR) is 40.4 cm³/mol. The average Bonchev–Trinajstić information content (AvgIpc) is 2.48. The molecule has 0 fully saturated rings. The number of hydrogen-bond acceptors (Lipinski definition) is 3. The summed E-state index contributed by atoms with van der Waals surface area (Å²) in [6.45, 7) is 6.74. The molecule has 0 radical (unpaired) electrons. The Kier molecular flexibility index (Phi) is 2.38. The lowest BCUT2D eigenvalue weighted by Gasteiger charge is -1.88. The van der Waals surface area contributed by atoms with Gasteiger partial charge in [-0.15, -0.1) is 0 Å². The Bertz CT molecular complexity index is 325. The highest BCUT2D eigenvalue weighted by Gasteiger charge is 2.15. The van der Waals surface area contributed by atoms with E-state index in [2.05, 4.69) is 15.0 Å². The summed E-state index contributed by atoms with van der Waals surface area (Å²) in [5.74, 6) is 0. The summed E-state index contributed by atoms with van der Waals surface area (Å²) in [6.07, 6.45) is 1.50. The standard InChI is InChI=1S/C6H6N4O2/c1-7-3-2-5-6(10(11)12)4-8-9-5/h4H,2-3H2,(H,8,9). The lowest BCUT2D eigenvalue weighted by molar-refractivity contribution is -0.385. The molecule has 0 amide bonds. The first kappa shape index (κ1) is 8.20. The van der Waals surface area contributed by atoms with Crippen LogP contribution in [0.15, 0.2) is 6.20 Å². The van der Waals surface area contributed by atoms with Crippen molar-refractivity contribution < 1.29 is 4.92 Å². The number of rotatable bonds is 3. The Morgan fingerprint density at radius 2 is 2.58 bits per heavy atom. The van der Waals surface area contributed by atoms with Crippen molar-refractivity contribution in [2.24, 2.45) is 0 Å². The Labute approximate surface area is 68.2 Å². The highest BCUT2D eigenvalue weighted by Crippen LogP contribution is 2.14. The Morgan fingerprint density at radius 1 is 1.83 bits per heavy atom. The zero-order valence-electron chi connectivity index (χ0n) is 6.15. The SMILES string of the molecule is [C-]#[N+]CCc1[nH]ncc1[N+](=O)[O-]. The van der Waals surface area contributed by atoms with Crippen molar-refractivity contribution in [1.82, 2.24) is 10.2 Å². The first-order chi connectivity index (χ1) is 5.75. The predicted octanol–water partition coefficient (Wildman–Crippen LogP) is 0.780. The summed E-state index contributed by atoms with van der Waals surface area (Å²) in [6, 6.07) is 0. The fourth-order valence-corrected chi connectivity index (χ4v) is 0.816. The third-order valence-corrected chi connectivity index (χ3v) is 1.37. The maximum Gasteiger partial charge on any atom is 0.310 e. The molecule has 0 atom stereocenters. The van der Waals surface area contributed by atoms with Crippen LogP contribution in [0.1, 0.15) is 5.69 Å². The van der Waals surface area contributed by atoms with Crippen LogP contribution in [0, 0.1) is 16.7 Å². The molecule has 6 nitrogen and oxygen atoms in total. The van der Waals surface area contributed by atoms with Gasteiger partial charge in [0.2, 0.25) is 6.54 Å². The lowest BCUT2D eigenvalue weighted by Crippen LogP contribution is -1.94. The van der Waals surface area contributed by atoms with Gasteiger partial charge < -0.3 is 4.85 Å². The van der Waals surface area contributed by atoms with E-state index >= 15 is 0 Å². The molecule has 1 aromatic rings. The Balaban J connectivity index is 2.79. The van der Waals surface area contributed by atoms with Gasteiger partial charge in [0.25, 0.3) is 0 Å². The highest BCUT2D eigenvalue weighted by molar-refractivity contribution is 5.32. The molecule has 1 rings (SSSR count). The summed E-state index contributed by atoms with van der Waals surface area (Å²) in [5, 5.41) is 16.3. The number of aromatic nitrogens is 2. The molecule has 1 N–H and O–H groups in total. The zero-order valence-corrected chi connectivity index (χ0v) is 6.15. The summed E-state index contributed by atoms with van der Waals surface area (Å²) < 4.78 is 0. The van der Waals surface area contributed by atoms with Crippen molar-refractivity contribution in [1.29, 1.82) is 0 Å². The van der Waals surface area contributed by atoms with Crippen LogP contribution < -0.4 is 0 Å². The van der Waals surface area contributed by atoms with Gasteiger partial charge in [-0.05, 0) is 0 Å². The van der Waals surface area contributed by atoms with E-state index in [4.69, 9.17) is 6.57 Å². The summed E-state index contributed by atoms with van der Waals surface area (Å²) in [5.41, 5.74) is 0.370. The minimum absolute atomic E-state index is 0.0429. The van der Waals surface area contributed by atoms with E-state index in [1.165, 1.54) is 0 Å². The van der Waals surface area contributed by atoms with Gasteiger partial charge in [-0.2, -0.15) is 5.10 Å². The zero-order chi connectivity index (χ0) is 8.97. The molecule has 0 spiro atoms. The number of aromatic amines is 1. The van der Waals surface area contributed by atoms with Crippen molar-refractivity contribution in [2.45, 2.75) is 6.42 Å². The number of nitrogens with zero attached hydrogens (tertiary/aromatic N) is 3. The van der Waals surface area contributed by atoms with Crippen LogP contribution in [0.2, 0.25) is 0 Å². The maximum absolute atomic E-state index is 10.3. The van der Waals surface area contributed by atoms with E-state index in [0.717, 1.165) is 6.20 Å². The van der Waals surface area contributed by atoms with Crippen LogP contribution in [0.5, 0.6) is 0 Å². The van der Waals surface area contributed by atoms with Gasteiger partial charge in [-0.1, -0.05) is 0 Å². The molecule has 62 valence electrons. The van der Waals surface area contributed by atoms with E-state index in [0.29, 0.717) is 12.1 Å². The van der Waals surface area contributed by atoms with Gasteiger partial charge in [0, 0.05) is 0 Å². The fourth-order valence-electron chi connectivity index (χ4n) is 0.816. The molecule has 0 bridgehead atoms. The molecule has 6 heteroatoms. The summed E-state index contributed by atoms with van der Waals surface area (Å²) in [4.78, 5) is 12.9. The Morgan fingerprint density at radius 3 is 3.17 bits per heavy atom. The first-order valence-corrected chi connectivity index (χ1v) is 3.25. The largest absolute Gasteiger partial charge is 0.317 e. The van der Waals surface area contributed by atoms with E-state index in [1.807, 2.05) is 0 Å². The molecule has 0 saturated carbocycles. The van der Waals surface area contributed by atoms with E-state index < -0.39 is 4.92 Å². The monoisotopic (exact) mass is 166 g/mol. The highest BCUT2D eigenvalue weighted by atomic mass is 16.6. The fraction of sp³-hybridized carbons (Fsp3) is 0.333. The number of nitrogens with one attached hydrogen (secondary N) is 1. The lowest BCUT2D eigenvalue weighted by atomic mass is 10.3. The van der Waals surface area contributed by atoms with E-state index in [1.54, 1.807) is 0 Å². The minimum Gasteiger partial charge on any atom is -0.317 e. The number of nitro groups is 1. The van der Waals surface area contributed by atoms with Gasteiger partial charge in [0.15, 0.2) is 0 Å². The second-order valence-corrected chi connectivity index (χ2v) is 2.12. The molecule has 1 aromatic heterocycles. The third-order valence-electron chi connectivity index (χ3n) is 1.37. The van der Waals surface area contributed by atoms with Crippen molar-refractivity contribution in [2.75, 3.05) is 6.54 Å². The smallest absolute Gasteiger partial charge is 0.310 e. The van der Waals surface area contributed by atoms with Crippen LogP contribution in [0.25, 0.3) is 4.85 Å². The van der Waals surface area contributed by atoms with Gasteiger partial charge in [-0.3, -0.25) is 15.2 Å². The Hall–Kier alpha value is -1.90. The molecular weight excluding hydrogens is 160 g/mol. The van der Waals surface area contributed by atoms with Crippen molar-refractivity contribution >= 4 is 5.69 Å². The van der Waals surface area contributed by atoms with Crippen LogP contribution in [0.4, 0.5) is 5.69 Å². The van der Waals surface area contributed by atoms with Crippen LogP contribution in [-0.2, 0) is 6.42 Å². The van der Waals surface area contributed by atoms with Crippen molar-refractivity contribution in [3.63, 3.8) is 0 Å². The van der Waals surface area contributed by atoms with Gasteiger partial charge in [0.1, 0.15) is 11.9 Å². The number of H-pyrrole nitrogens is 1. The molecule has 12 heavy (non-hydrogen) atoms. The summed E-state index contributed by atoms with van der Waals surface area (Å²) >= 11 is 0. The molecule has 0 aromatic carbocycles. The minimum atomic E-state index is -0.511. The van der Waals surface area contributed by atoms with Gasteiger partial charge in [-0.25, -0.2) is 6.57 Å². The molecule has 0 saturated heterocycles. The van der Waals surface area contributed by atoms with E-state index in [9.17, 15) is 10.1 Å². The van der Waals surface area contributed by atoms with E-state index in [-0.39, 0.29) is 12.2 Å². The van der Waals surface area contributed by atoms with Crippen LogP contribution >= 0.6 is 0 Å².